The molecule has 104 valence electrons. The van der Waals surface area contributed by atoms with Gasteiger partial charge in [0.25, 0.3) is 0 Å². The first-order valence-electron chi connectivity index (χ1n) is 6.78. The van der Waals surface area contributed by atoms with Crippen molar-refractivity contribution in [2.75, 3.05) is 20.7 Å². The quantitative estimate of drug-likeness (QED) is 0.848. The summed E-state index contributed by atoms with van der Waals surface area (Å²) in [6.07, 6.45) is 1.92. The zero-order valence-electron chi connectivity index (χ0n) is 11.8. The van der Waals surface area contributed by atoms with Gasteiger partial charge in [-0.3, -0.25) is 4.79 Å². The molecule has 0 radical (unpaired) electrons. The predicted molar refractivity (Wildman–Crippen MR) is 75.3 cm³/mol. The summed E-state index contributed by atoms with van der Waals surface area (Å²) in [5, 5.41) is 6.17. The lowest BCUT2D eigenvalue weighted by Crippen LogP contribution is -2.36. The van der Waals surface area contributed by atoms with Gasteiger partial charge in [0.05, 0.1) is 13.2 Å². The lowest BCUT2D eigenvalue weighted by molar-refractivity contribution is -0.125. The first-order valence-corrected chi connectivity index (χ1v) is 6.78. The molecule has 2 rings (SSSR count). The number of hydrogen-bond donors (Lipinski definition) is 2. The Kier molecular flexibility index (Phi) is 4.43. The zero-order chi connectivity index (χ0) is 13.8. The van der Waals surface area contributed by atoms with Gasteiger partial charge < -0.3 is 15.4 Å². The van der Waals surface area contributed by atoms with Gasteiger partial charge in [0.15, 0.2) is 0 Å². The van der Waals surface area contributed by atoms with E-state index in [1.165, 1.54) is 11.1 Å². The highest BCUT2D eigenvalue weighted by Gasteiger charge is 2.27. The highest BCUT2D eigenvalue weighted by molar-refractivity contribution is 5.79. The average molecular weight is 262 g/mol. The van der Waals surface area contributed by atoms with E-state index in [0.29, 0.717) is 6.54 Å². The molecule has 4 heteroatoms. The number of ether oxygens (including phenoxy) is 1. The van der Waals surface area contributed by atoms with Crippen LogP contribution in [0.2, 0.25) is 0 Å². The van der Waals surface area contributed by atoms with Crippen LogP contribution in [0.25, 0.3) is 0 Å². The molecular formula is C15H22N2O2. The molecule has 0 bridgehead atoms. The summed E-state index contributed by atoms with van der Waals surface area (Å²) in [5.41, 5.74) is 2.43. The van der Waals surface area contributed by atoms with E-state index in [0.717, 1.165) is 18.6 Å². The van der Waals surface area contributed by atoms with Crippen molar-refractivity contribution < 1.29 is 9.53 Å². The van der Waals surface area contributed by atoms with Crippen LogP contribution in [0.15, 0.2) is 18.2 Å². The monoisotopic (exact) mass is 262 g/mol. The standard InChI is InChI=1S/C15H22N2O2/c1-10(9-16-2)15(18)17-13-8-7-12-11(13)5-4-6-14(12)19-3/h4-6,10,13,16H,7-9H2,1-3H3,(H,17,18). The molecule has 2 N–H and O–H groups in total. The Morgan fingerprint density at radius 2 is 2.32 bits per heavy atom. The molecule has 1 aliphatic carbocycles. The predicted octanol–water partition coefficient (Wildman–Crippen LogP) is 1.65. The molecule has 1 aromatic carbocycles. The van der Waals surface area contributed by atoms with E-state index >= 15 is 0 Å². The summed E-state index contributed by atoms with van der Waals surface area (Å²) < 4.78 is 5.37. The maximum absolute atomic E-state index is 12.1. The fourth-order valence-corrected chi connectivity index (χ4v) is 2.67. The van der Waals surface area contributed by atoms with E-state index in [-0.39, 0.29) is 17.9 Å². The summed E-state index contributed by atoms with van der Waals surface area (Å²) >= 11 is 0. The number of methoxy groups -OCH3 is 1. The van der Waals surface area contributed by atoms with Crippen molar-refractivity contribution in [1.82, 2.24) is 10.6 Å². The number of carbonyl (C=O) groups is 1. The van der Waals surface area contributed by atoms with Crippen LogP contribution in [0.1, 0.15) is 30.5 Å². The Bertz CT molecular complexity index is 459. The van der Waals surface area contributed by atoms with Crippen molar-refractivity contribution in [3.63, 3.8) is 0 Å². The second-order valence-corrected chi connectivity index (χ2v) is 5.09. The van der Waals surface area contributed by atoms with Gasteiger partial charge in [-0.1, -0.05) is 19.1 Å². The topological polar surface area (TPSA) is 50.4 Å². The number of amides is 1. The third-order valence-corrected chi connectivity index (χ3v) is 3.72. The molecular weight excluding hydrogens is 240 g/mol. The average Bonchev–Trinajstić information content (AvgIpc) is 2.82. The maximum Gasteiger partial charge on any atom is 0.224 e. The summed E-state index contributed by atoms with van der Waals surface area (Å²) in [7, 11) is 3.55. The third kappa shape index (κ3) is 2.89. The summed E-state index contributed by atoms with van der Waals surface area (Å²) in [5.74, 6) is 1.02. The van der Waals surface area contributed by atoms with Crippen molar-refractivity contribution in [1.29, 1.82) is 0 Å². The number of benzene rings is 1. The fourth-order valence-electron chi connectivity index (χ4n) is 2.67. The van der Waals surface area contributed by atoms with Gasteiger partial charge in [0.1, 0.15) is 5.75 Å². The van der Waals surface area contributed by atoms with Crippen LogP contribution in [0.4, 0.5) is 0 Å². The minimum atomic E-state index is -0.0142. The van der Waals surface area contributed by atoms with Gasteiger partial charge in [0, 0.05) is 12.5 Å². The molecule has 0 aliphatic heterocycles. The molecule has 1 aromatic rings. The Morgan fingerprint density at radius 3 is 3.00 bits per heavy atom. The lowest BCUT2D eigenvalue weighted by Gasteiger charge is -2.18. The molecule has 4 nitrogen and oxygen atoms in total. The van der Waals surface area contributed by atoms with E-state index in [1.807, 2.05) is 26.1 Å². The lowest BCUT2D eigenvalue weighted by atomic mass is 10.1. The third-order valence-electron chi connectivity index (χ3n) is 3.72. The van der Waals surface area contributed by atoms with Crippen LogP contribution in [-0.4, -0.2) is 26.6 Å². The molecule has 0 aromatic heterocycles. The van der Waals surface area contributed by atoms with Crippen LogP contribution in [-0.2, 0) is 11.2 Å². The Balaban J connectivity index is 2.08. The number of fused-ring (bicyclic) bond motifs is 1. The van der Waals surface area contributed by atoms with Crippen LogP contribution in [0.5, 0.6) is 5.75 Å². The van der Waals surface area contributed by atoms with Gasteiger partial charge >= 0.3 is 0 Å². The van der Waals surface area contributed by atoms with E-state index in [9.17, 15) is 4.79 Å². The van der Waals surface area contributed by atoms with E-state index in [4.69, 9.17) is 4.74 Å². The Labute approximate surface area is 114 Å². The number of hydrogen-bond acceptors (Lipinski definition) is 3. The molecule has 2 atom stereocenters. The molecule has 0 saturated carbocycles. The Morgan fingerprint density at radius 1 is 1.53 bits per heavy atom. The molecule has 0 saturated heterocycles. The fraction of sp³-hybridized carbons (Fsp3) is 0.533. The molecule has 0 heterocycles. The van der Waals surface area contributed by atoms with Crippen LogP contribution in [0, 0.1) is 5.92 Å². The molecule has 2 unspecified atom stereocenters. The first kappa shape index (κ1) is 13.9. The van der Waals surface area contributed by atoms with Crippen molar-refractivity contribution >= 4 is 5.91 Å². The van der Waals surface area contributed by atoms with Crippen LogP contribution in [0.3, 0.4) is 0 Å². The molecule has 19 heavy (non-hydrogen) atoms. The highest BCUT2D eigenvalue weighted by atomic mass is 16.5. The summed E-state index contributed by atoms with van der Waals surface area (Å²) in [6.45, 7) is 2.64. The van der Waals surface area contributed by atoms with Gasteiger partial charge in [-0.2, -0.15) is 0 Å². The number of nitrogens with one attached hydrogen (secondary N) is 2. The number of rotatable bonds is 5. The van der Waals surface area contributed by atoms with E-state index in [2.05, 4.69) is 16.7 Å². The summed E-state index contributed by atoms with van der Waals surface area (Å²) in [4.78, 5) is 12.1. The Hall–Kier alpha value is -1.55. The van der Waals surface area contributed by atoms with E-state index in [1.54, 1.807) is 7.11 Å². The second-order valence-electron chi connectivity index (χ2n) is 5.09. The molecule has 1 aliphatic rings. The highest BCUT2D eigenvalue weighted by Crippen LogP contribution is 2.36. The minimum Gasteiger partial charge on any atom is -0.496 e. The van der Waals surface area contributed by atoms with Gasteiger partial charge in [-0.25, -0.2) is 0 Å². The van der Waals surface area contributed by atoms with Crippen LogP contribution < -0.4 is 15.4 Å². The number of carbonyl (C=O) groups excluding carboxylic acids is 1. The normalized spacial score (nSPS) is 18.8. The van der Waals surface area contributed by atoms with Gasteiger partial charge in [-0.05, 0) is 37.1 Å². The van der Waals surface area contributed by atoms with Crippen molar-refractivity contribution in [3.8, 4) is 5.75 Å². The van der Waals surface area contributed by atoms with Crippen LogP contribution >= 0.6 is 0 Å². The first-order chi connectivity index (χ1) is 9.17. The van der Waals surface area contributed by atoms with Gasteiger partial charge in [0.2, 0.25) is 5.91 Å². The van der Waals surface area contributed by atoms with Crippen molar-refractivity contribution in [2.45, 2.75) is 25.8 Å². The largest absolute Gasteiger partial charge is 0.496 e. The van der Waals surface area contributed by atoms with Gasteiger partial charge in [-0.15, -0.1) is 0 Å². The van der Waals surface area contributed by atoms with Crippen molar-refractivity contribution in [2.24, 2.45) is 5.92 Å². The summed E-state index contributed by atoms with van der Waals surface area (Å²) in [6, 6.07) is 6.17. The van der Waals surface area contributed by atoms with Crippen molar-refractivity contribution in [3.05, 3.63) is 29.3 Å². The minimum absolute atomic E-state index is 0.0142. The van der Waals surface area contributed by atoms with E-state index < -0.39 is 0 Å². The second kappa shape index (κ2) is 6.06. The maximum atomic E-state index is 12.1. The smallest absolute Gasteiger partial charge is 0.224 e. The zero-order valence-corrected chi connectivity index (χ0v) is 11.8. The molecule has 0 fully saturated rings. The molecule has 0 spiro atoms. The molecule has 1 amide bonds. The SMILES string of the molecule is CNCC(C)C(=O)NC1CCc2c(OC)cccc21.